The number of hydrogen-bond acceptors (Lipinski definition) is 11. The smallest absolute Gasteiger partial charge is 0.189 e. The summed E-state index contributed by atoms with van der Waals surface area (Å²) in [6, 6.07) is 4.27. The molecule has 254 valence electrons. The highest BCUT2D eigenvalue weighted by Gasteiger charge is 2.73. The molecule has 2 aliphatic heterocycles. The molecule has 0 aromatic heterocycles. The average molecular weight is 636 g/mol. The van der Waals surface area contributed by atoms with Gasteiger partial charge in [0.05, 0.1) is 83.2 Å². The summed E-state index contributed by atoms with van der Waals surface area (Å²) in [5.74, 6) is 2.18. The lowest BCUT2D eigenvalue weighted by molar-refractivity contribution is -0.218. The zero-order chi connectivity index (χ0) is 31.1. The molecule has 1 aromatic rings. The lowest BCUT2D eigenvalue weighted by Gasteiger charge is -2.64. The molecule has 2 bridgehead atoms. The van der Waals surface area contributed by atoms with Crippen LogP contribution in [0.4, 0.5) is 0 Å². The maximum atomic E-state index is 12.8. The van der Waals surface area contributed by atoms with E-state index in [9.17, 15) is 5.11 Å². The largest absolute Gasteiger partial charge is 0.482 e. The molecule has 1 spiro atoms. The molecule has 2 unspecified atom stereocenters. The average Bonchev–Trinajstić information content (AvgIpc) is 3.37. The van der Waals surface area contributed by atoms with E-state index in [1.54, 1.807) is 14.2 Å². The molecule has 3 fully saturated rings. The zero-order valence-electron chi connectivity index (χ0n) is 27.2. The number of piperidine rings is 1. The van der Waals surface area contributed by atoms with Crippen molar-refractivity contribution in [2.24, 2.45) is 5.92 Å². The fraction of sp³-hybridized carbons (Fsp3) is 0.824. The summed E-state index contributed by atoms with van der Waals surface area (Å²) >= 11 is 0. The molecular weight excluding hydrogens is 582 g/mol. The molecule has 0 amide bonds. The lowest BCUT2D eigenvalue weighted by atomic mass is 9.48. The Labute approximate surface area is 267 Å². The number of nitrogens with zero attached hydrogens (tertiary/aromatic N) is 1. The molecule has 5 aliphatic rings. The number of methoxy groups -OCH3 is 2. The normalized spacial score (nSPS) is 30.2. The van der Waals surface area contributed by atoms with Crippen molar-refractivity contribution in [3.8, 4) is 11.5 Å². The third-order valence-electron chi connectivity index (χ3n) is 10.7. The minimum Gasteiger partial charge on any atom is -0.482 e. The molecule has 1 N–H and O–H groups in total. The summed E-state index contributed by atoms with van der Waals surface area (Å²) in [5, 5.41) is 12.8. The van der Waals surface area contributed by atoms with E-state index in [4.69, 9.17) is 42.6 Å². The molecule has 1 saturated heterocycles. The number of benzene rings is 1. The van der Waals surface area contributed by atoms with Gasteiger partial charge in [-0.3, -0.25) is 4.90 Å². The van der Waals surface area contributed by atoms with Gasteiger partial charge in [0.2, 0.25) is 0 Å². The second kappa shape index (κ2) is 15.6. The Bertz CT molecular complexity index is 1090. The van der Waals surface area contributed by atoms with Crippen molar-refractivity contribution in [2.75, 3.05) is 100 Å². The second-order valence-electron chi connectivity index (χ2n) is 13.1. The maximum absolute atomic E-state index is 12.8. The van der Waals surface area contributed by atoms with Gasteiger partial charge in [0, 0.05) is 32.4 Å². The van der Waals surface area contributed by atoms with E-state index >= 15 is 0 Å². The Hall–Kier alpha value is -1.54. The second-order valence-corrected chi connectivity index (χ2v) is 13.1. The van der Waals surface area contributed by atoms with Crippen molar-refractivity contribution in [1.82, 2.24) is 4.90 Å². The third kappa shape index (κ3) is 6.75. The number of hydrogen-bond donors (Lipinski definition) is 1. The first-order valence-corrected chi connectivity index (χ1v) is 16.9. The van der Waals surface area contributed by atoms with Crippen LogP contribution in [0.2, 0.25) is 0 Å². The van der Waals surface area contributed by atoms with Crippen LogP contribution in [-0.2, 0) is 45.0 Å². The van der Waals surface area contributed by atoms with Crippen LogP contribution in [0.25, 0.3) is 0 Å². The van der Waals surface area contributed by atoms with Gasteiger partial charge in [-0.25, -0.2) is 0 Å². The molecule has 11 heteroatoms. The topological polar surface area (TPSA) is 107 Å². The summed E-state index contributed by atoms with van der Waals surface area (Å²) in [4.78, 5) is 2.60. The van der Waals surface area contributed by atoms with Gasteiger partial charge in [0.25, 0.3) is 0 Å². The highest BCUT2D eigenvalue weighted by atomic mass is 16.7. The molecule has 0 radical (unpaired) electrons. The molecular formula is C34H53NO10. The van der Waals surface area contributed by atoms with Crippen LogP contribution < -0.4 is 9.47 Å². The van der Waals surface area contributed by atoms with Crippen LogP contribution in [0, 0.1) is 5.92 Å². The predicted octanol–water partition coefficient (Wildman–Crippen LogP) is 2.72. The quantitative estimate of drug-likeness (QED) is 0.159. The van der Waals surface area contributed by atoms with Crippen molar-refractivity contribution in [3.63, 3.8) is 0 Å². The Morgan fingerprint density at radius 1 is 0.844 bits per heavy atom. The van der Waals surface area contributed by atoms with E-state index in [0.29, 0.717) is 78.2 Å². The lowest BCUT2D eigenvalue weighted by Crippen LogP contribution is -2.77. The molecule has 3 aliphatic carbocycles. The summed E-state index contributed by atoms with van der Waals surface area (Å²) in [6.07, 6.45) is 6.59. The van der Waals surface area contributed by atoms with Gasteiger partial charge in [-0.15, -0.1) is 0 Å². The molecule has 11 nitrogen and oxygen atoms in total. The minimum absolute atomic E-state index is 0.0789. The summed E-state index contributed by atoms with van der Waals surface area (Å²) in [6.45, 7) is 7.27. The Morgan fingerprint density at radius 2 is 1.53 bits per heavy atom. The van der Waals surface area contributed by atoms with Crippen molar-refractivity contribution < 1.29 is 47.7 Å². The fourth-order valence-electron chi connectivity index (χ4n) is 8.33. The minimum atomic E-state index is -0.882. The molecule has 45 heavy (non-hydrogen) atoms. The Morgan fingerprint density at radius 3 is 2.22 bits per heavy atom. The van der Waals surface area contributed by atoms with Crippen LogP contribution in [0.5, 0.6) is 11.5 Å². The van der Waals surface area contributed by atoms with E-state index in [1.807, 2.05) is 6.07 Å². The Kier molecular flexibility index (Phi) is 11.5. The zero-order valence-corrected chi connectivity index (χ0v) is 27.2. The van der Waals surface area contributed by atoms with Crippen LogP contribution in [0.15, 0.2) is 12.1 Å². The van der Waals surface area contributed by atoms with E-state index in [2.05, 4.69) is 11.0 Å². The standard InChI is InChI=1S/C34H53NO10/c1-37-12-14-39-16-17-40-18-19-41-20-21-43-28-8-9-34(36)29-22-26-6-7-27(44-24-42-15-13-38-2)31-30(26)33(34,32(28)45-31)10-11-35(29)23-25-4-3-5-25/h6-7,25,28-29,32,36H,3-5,8-24H2,1-2H3/t28?,29?,32-,33-,34+/m0/s1. The van der Waals surface area contributed by atoms with Gasteiger partial charge < -0.3 is 47.7 Å². The van der Waals surface area contributed by atoms with E-state index < -0.39 is 11.0 Å². The van der Waals surface area contributed by atoms with Crippen molar-refractivity contribution in [2.45, 2.75) is 74.2 Å². The van der Waals surface area contributed by atoms with Gasteiger partial charge in [0.1, 0.15) is 6.10 Å². The first-order chi connectivity index (χ1) is 22.1. The SMILES string of the molecule is COCCOCCOCCOCCOC1CC[C@@]2(O)C3Cc4ccc(OCOCCOC)c5c4[C@@]2(CCN3CC2CCC2)[C@H]1O5. The third-order valence-corrected chi connectivity index (χ3v) is 10.7. The molecule has 2 saturated carbocycles. The molecule has 1 aromatic carbocycles. The summed E-state index contributed by atoms with van der Waals surface area (Å²) < 4.78 is 52.0. The van der Waals surface area contributed by atoms with Crippen molar-refractivity contribution in [1.29, 1.82) is 0 Å². The number of aliphatic hydroxyl groups is 1. The van der Waals surface area contributed by atoms with Crippen molar-refractivity contribution >= 4 is 0 Å². The number of rotatable bonds is 21. The van der Waals surface area contributed by atoms with Crippen LogP contribution in [0.3, 0.4) is 0 Å². The highest BCUT2D eigenvalue weighted by molar-refractivity contribution is 5.63. The summed E-state index contributed by atoms with van der Waals surface area (Å²) in [7, 11) is 3.31. The summed E-state index contributed by atoms with van der Waals surface area (Å²) in [5.41, 5.74) is 0.987. The number of ether oxygens (including phenoxy) is 9. The van der Waals surface area contributed by atoms with Gasteiger partial charge in [0.15, 0.2) is 18.3 Å². The first kappa shape index (κ1) is 33.4. The highest BCUT2D eigenvalue weighted by Crippen LogP contribution is 2.66. The first-order valence-electron chi connectivity index (χ1n) is 16.9. The van der Waals surface area contributed by atoms with Crippen LogP contribution >= 0.6 is 0 Å². The van der Waals surface area contributed by atoms with E-state index in [0.717, 1.165) is 49.6 Å². The Balaban J connectivity index is 1.10. The van der Waals surface area contributed by atoms with E-state index in [-0.39, 0.29) is 25.0 Å². The molecule has 2 heterocycles. The van der Waals surface area contributed by atoms with Crippen LogP contribution in [-0.4, -0.2) is 134 Å². The number of likely N-dealkylation sites (tertiary alicyclic amines) is 1. The van der Waals surface area contributed by atoms with Gasteiger partial charge in [-0.2, -0.15) is 0 Å². The van der Waals surface area contributed by atoms with Gasteiger partial charge in [-0.05, 0) is 62.6 Å². The monoisotopic (exact) mass is 635 g/mol. The predicted molar refractivity (Wildman–Crippen MR) is 165 cm³/mol. The van der Waals surface area contributed by atoms with E-state index in [1.165, 1.54) is 24.8 Å². The van der Waals surface area contributed by atoms with Gasteiger partial charge in [-0.1, -0.05) is 12.5 Å². The maximum Gasteiger partial charge on any atom is 0.189 e. The van der Waals surface area contributed by atoms with Crippen LogP contribution in [0.1, 0.15) is 49.7 Å². The molecule has 6 rings (SSSR count). The van der Waals surface area contributed by atoms with Gasteiger partial charge >= 0.3 is 0 Å². The fourth-order valence-corrected chi connectivity index (χ4v) is 8.33. The van der Waals surface area contributed by atoms with Crippen molar-refractivity contribution in [3.05, 3.63) is 23.3 Å². The molecule has 5 atom stereocenters.